The van der Waals surface area contributed by atoms with Crippen LogP contribution in [0.3, 0.4) is 0 Å². The number of carboxylic acids is 1. The Morgan fingerprint density at radius 3 is 1.30 bits per heavy atom. The lowest BCUT2D eigenvalue weighted by atomic mass is 10.0. The van der Waals surface area contributed by atoms with E-state index >= 15 is 0 Å². The number of carbonyl (C=O) groups excluding carboxylic acids is 1. The molecule has 0 aromatic rings. The van der Waals surface area contributed by atoms with Crippen LogP contribution >= 0.6 is 0 Å². The fraction of sp³-hybridized carbons (Fsp3) is 0.938. The summed E-state index contributed by atoms with van der Waals surface area (Å²) in [4.78, 5) is 23.6. The molecule has 0 saturated carbocycles. The Bertz CT molecular complexity index is 497. The largest absolute Gasteiger partial charge is 0.480 e. The molecule has 0 amide bonds. The molecule has 1 unspecified atom stereocenters. The van der Waals surface area contributed by atoms with Crippen molar-refractivity contribution in [1.82, 2.24) is 5.32 Å². The number of hydrogen-bond acceptors (Lipinski definition) is 4. The van der Waals surface area contributed by atoms with Gasteiger partial charge < -0.3 is 15.2 Å². The summed E-state index contributed by atoms with van der Waals surface area (Å²) in [6, 6.07) is -0.845. The summed E-state index contributed by atoms with van der Waals surface area (Å²) >= 11 is 0. The highest BCUT2D eigenvalue weighted by Gasteiger charge is 2.21. The van der Waals surface area contributed by atoms with Gasteiger partial charge in [0.25, 0.3) is 0 Å². The maximum absolute atomic E-state index is 12.1. The zero-order valence-corrected chi connectivity index (χ0v) is 24.8. The predicted octanol–water partition coefficient (Wildman–Crippen LogP) is 9.36. The van der Waals surface area contributed by atoms with Crippen molar-refractivity contribution >= 4 is 11.9 Å². The average Bonchev–Trinajstić information content (AvgIpc) is 2.88. The number of rotatable bonds is 30. The number of carboxylic acid groups (broad SMARTS) is 1. The van der Waals surface area contributed by atoms with Gasteiger partial charge in [-0.15, -0.1) is 0 Å². The van der Waals surface area contributed by atoms with Gasteiger partial charge in [-0.05, 0) is 19.4 Å². The van der Waals surface area contributed by atoms with Gasteiger partial charge in [-0.25, -0.2) is 0 Å². The Morgan fingerprint density at radius 2 is 0.919 bits per heavy atom. The van der Waals surface area contributed by atoms with E-state index in [-0.39, 0.29) is 6.42 Å². The molecule has 220 valence electrons. The molecule has 0 aliphatic carbocycles. The summed E-state index contributed by atoms with van der Waals surface area (Å²) in [5.74, 6) is -1.38. The Balaban J connectivity index is 3.55. The molecule has 2 N–H and O–H groups in total. The van der Waals surface area contributed by atoms with E-state index in [0.717, 1.165) is 25.7 Å². The van der Waals surface area contributed by atoms with E-state index in [1.807, 2.05) is 0 Å². The fourth-order valence-electron chi connectivity index (χ4n) is 4.84. The highest BCUT2D eigenvalue weighted by atomic mass is 16.5. The van der Waals surface area contributed by atoms with Gasteiger partial charge >= 0.3 is 11.9 Å². The normalized spacial score (nSPS) is 12.1. The Kier molecular flexibility index (Phi) is 28.6. The van der Waals surface area contributed by atoms with Crippen LogP contribution in [0.4, 0.5) is 0 Å². The van der Waals surface area contributed by atoms with Crippen LogP contribution < -0.4 is 5.32 Å². The van der Waals surface area contributed by atoms with Gasteiger partial charge in [0.2, 0.25) is 0 Å². The summed E-state index contributed by atoms with van der Waals surface area (Å²) < 4.78 is 5.29. The lowest BCUT2D eigenvalue weighted by Crippen LogP contribution is -2.39. The van der Waals surface area contributed by atoms with Gasteiger partial charge in [0.1, 0.15) is 6.04 Å². The fourth-order valence-corrected chi connectivity index (χ4v) is 4.84. The first kappa shape index (κ1) is 35.9. The Labute approximate surface area is 230 Å². The molecule has 0 aliphatic rings. The topological polar surface area (TPSA) is 75.6 Å². The second kappa shape index (κ2) is 29.5. The van der Waals surface area contributed by atoms with Crippen molar-refractivity contribution in [2.75, 3.05) is 13.2 Å². The van der Waals surface area contributed by atoms with E-state index in [0.29, 0.717) is 13.2 Å². The monoisotopic (exact) mass is 525 g/mol. The number of carbonyl (C=O) groups is 2. The molecule has 0 radical (unpaired) electrons. The van der Waals surface area contributed by atoms with Crippen LogP contribution in [-0.4, -0.2) is 36.2 Å². The van der Waals surface area contributed by atoms with Gasteiger partial charge in [-0.2, -0.15) is 0 Å². The Morgan fingerprint density at radius 1 is 0.568 bits per heavy atom. The first-order chi connectivity index (χ1) is 18.1. The van der Waals surface area contributed by atoms with Crippen LogP contribution in [0.2, 0.25) is 0 Å². The molecule has 1 atom stereocenters. The molecule has 5 heteroatoms. The molecule has 37 heavy (non-hydrogen) atoms. The predicted molar refractivity (Wildman–Crippen MR) is 157 cm³/mol. The summed E-state index contributed by atoms with van der Waals surface area (Å²) in [6.07, 6.45) is 30.5. The van der Waals surface area contributed by atoms with Gasteiger partial charge in [0, 0.05) is 0 Å². The highest BCUT2D eigenvalue weighted by molar-refractivity contribution is 5.81. The minimum atomic E-state index is -0.971. The zero-order valence-electron chi connectivity index (χ0n) is 24.8. The molecule has 0 bridgehead atoms. The molecular formula is C32H63NO4. The number of unbranched alkanes of at least 4 members (excludes halogenated alkanes) is 22. The third-order valence-corrected chi connectivity index (χ3v) is 7.35. The van der Waals surface area contributed by atoms with Crippen LogP contribution in [0.5, 0.6) is 0 Å². The van der Waals surface area contributed by atoms with Crippen LogP contribution in [0.1, 0.15) is 174 Å². The summed E-state index contributed by atoms with van der Waals surface area (Å²) in [5.41, 5.74) is 0. The minimum Gasteiger partial charge on any atom is -0.480 e. The standard InChI is InChI=1S/C32H63NO4/c1-3-5-7-9-11-13-15-16-17-19-21-23-25-27-33-30(32(35)36)29-31(34)37-28-26-24-22-20-18-14-12-10-8-6-4-2/h30,33H,3-29H2,1-2H3,(H,35,36). The highest BCUT2D eigenvalue weighted by Crippen LogP contribution is 2.13. The molecule has 0 aromatic carbocycles. The smallest absolute Gasteiger partial charge is 0.321 e. The van der Waals surface area contributed by atoms with Crippen molar-refractivity contribution in [3.8, 4) is 0 Å². The van der Waals surface area contributed by atoms with Gasteiger partial charge in [-0.3, -0.25) is 9.59 Å². The molecule has 0 heterocycles. The number of hydrogen-bond donors (Lipinski definition) is 2. The quantitative estimate of drug-likeness (QED) is 0.0721. The van der Waals surface area contributed by atoms with Crippen LogP contribution in [0, 0.1) is 0 Å². The van der Waals surface area contributed by atoms with E-state index in [2.05, 4.69) is 19.2 Å². The van der Waals surface area contributed by atoms with E-state index < -0.39 is 18.0 Å². The van der Waals surface area contributed by atoms with Gasteiger partial charge in [-0.1, -0.05) is 155 Å². The van der Waals surface area contributed by atoms with Crippen molar-refractivity contribution in [2.24, 2.45) is 0 Å². The molecule has 0 rings (SSSR count). The van der Waals surface area contributed by atoms with E-state index in [1.54, 1.807) is 0 Å². The SMILES string of the molecule is CCCCCCCCCCCCCCCNC(CC(=O)OCCCCCCCCCCCCC)C(=O)O. The van der Waals surface area contributed by atoms with Crippen LogP contribution in [0.25, 0.3) is 0 Å². The number of esters is 1. The average molecular weight is 526 g/mol. The number of aliphatic carboxylic acids is 1. The molecule has 0 aromatic heterocycles. The van der Waals surface area contributed by atoms with Crippen molar-refractivity contribution < 1.29 is 19.4 Å². The number of nitrogens with one attached hydrogen (secondary N) is 1. The third kappa shape index (κ3) is 27.7. The van der Waals surface area contributed by atoms with Crippen LogP contribution in [0.15, 0.2) is 0 Å². The maximum Gasteiger partial charge on any atom is 0.321 e. The maximum atomic E-state index is 12.1. The molecule has 5 nitrogen and oxygen atoms in total. The van der Waals surface area contributed by atoms with Crippen molar-refractivity contribution in [3.63, 3.8) is 0 Å². The number of ether oxygens (including phenoxy) is 1. The first-order valence-corrected chi connectivity index (χ1v) is 16.2. The second-order valence-corrected chi connectivity index (χ2v) is 11.0. The Hall–Kier alpha value is -1.10. The van der Waals surface area contributed by atoms with E-state index in [9.17, 15) is 14.7 Å². The minimum absolute atomic E-state index is 0.0915. The van der Waals surface area contributed by atoms with Crippen molar-refractivity contribution in [3.05, 3.63) is 0 Å². The van der Waals surface area contributed by atoms with E-state index in [1.165, 1.54) is 128 Å². The van der Waals surface area contributed by atoms with Crippen molar-refractivity contribution in [2.45, 2.75) is 180 Å². The second-order valence-electron chi connectivity index (χ2n) is 11.0. The molecule has 0 fully saturated rings. The molecule has 0 saturated heterocycles. The summed E-state index contributed by atoms with van der Waals surface area (Å²) in [6.45, 7) is 5.56. The van der Waals surface area contributed by atoms with Crippen LogP contribution in [-0.2, 0) is 14.3 Å². The lowest BCUT2D eigenvalue weighted by molar-refractivity contribution is -0.149. The molecule has 0 spiro atoms. The first-order valence-electron chi connectivity index (χ1n) is 16.2. The summed E-state index contributed by atoms with van der Waals surface area (Å²) in [7, 11) is 0. The van der Waals surface area contributed by atoms with Gasteiger partial charge in [0.15, 0.2) is 0 Å². The lowest BCUT2D eigenvalue weighted by Gasteiger charge is -2.14. The van der Waals surface area contributed by atoms with E-state index in [4.69, 9.17) is 4.74 Å². The molecular weight excluding hydrogens is 462 g/mol. The molecule has 0 aliphatic heterocycles. The van der Waals surface area contributed by atoms with Gasteiger partial charge in [0.05, 0.1) is 13.0 Å². The summed E-state index contributed by atoms with van der Waals surface area (Å²) in [5, 5.41) is 12.5. The third-order valence-electron chi connectivity index (χ3n) is 7.35. The zero-order chi connectivity index (χ0) is 27.2. The van der Waals surface area contributed by atoms with Crippen molar-refractivity contribution in [1.29, 1.82) is 0 Å².